The van der Waals surface area contributed by atoms with Crippen molar-refractivity contribution < 1.29 is 14.4 Å². The predicted octanol–water partition coefficient (Wildman–Crippen LogP) is 0.842. The minimum Gasteiger partial charge on any atom is -0.368 e. The van der Waals surface area contributed by atoms with Crippen molar-refractivity contribution in [3.63, 3.8) is 0 Å². The van der Waals surface area contributed by atoms with Crippen LogP contribution in [0.4, 0.5) is 5.82 Å². The predicted molar refractivity (Wildman–Crippen MR) is 101 cm³/mol. The molecule has 2 fully saturated rings. The van der Waals surface area contributed by atoms with Crippen LogP contribution in [0.25, 0.3) is 0 Å². The summed E-state index contributed by atoms with van der Waals surface area (Å²) in [7, 11) is 0. The lowest BCUT2D eigenvalue weighted by molar-refractivity contribution is -0.128. The van der Waals surface area contributed by atoms with E-state index >= 15 is 0 Å². The number of nitrogens with one attached hydrogen (secondary N) is 1. The highest BCUT2D eigenvalue weighted by Gasteiger charge is 2.28. The van der Waals surface area contributed by atoms with E-state index in [0.29, 0.717) is 36.8 Å². The van der Waals surface area contributed by atoms with Crippen molar-refractivity contribution in [2.45, 2.75) is 38.6 Å². The smallest absolute Gasteiger partial charge is 0.255 e. The number of pyridine rings is 1. The zero-order chi connectivity index (χ0) is 19.4. The molecule has 146 valence electrons. The molecule has 3 N–H and O–H groups in total. The molecule has 3 heterocycles. The molecule has 27 heavy (non-hydrogen) atoms. The molecule has 0 aliphatic carbocycles. The molecule has 0 aromatic carbocycles. The summed E-state index contributed by atoms with van der Waals surface area (Å²) >= 11 is 0. The number of amides is 3. The number of primary amides is 1. The molecule has 1 atom stereocenters. The lowest BCUT2D eigenvalue weighted by atomic mass is 9.96. The van der Waals surface area contributed by atoms with Gasteiger partial charge in [0.15, 0.2) is 0 Å². The van der Waals surface area contributed by atoms with E-state index in [1.54, 1.807) is 19.1 Å². The largest absolute Gasteiger partial charge is 0.368 e. The van der Waals surface area contributed by atoms with E-state index < -0.39 is 11.9 Å². The summed E-state index contributed by atoms with van der Waals surface area (Å²) in [5.74, 6) is 0.741. The number of aromatic nitrogens is 1. The summed E-state index contributed by atoms with van der Waals surface area (Å²) in [6.45, 7) is 4.75. The summed E-state index contributed by atoms with van der Waals surface area (Å²) in [5.41, 5.74) is 5.75. The maximum atomic E-state index is 12.7. The second kappa shape index (κ2) is 8.37. The molecule has 3 rings (SSSR count). The van der Waals surface area contributed by atoms with Gasteiger partial charge in [0, 0.05) is 38.8 Å². The highest BCUT2D eigenvalue weighted by atomic mass is 16.2. The Balaban J connectivity index is 1.50. The third-order valence-electron chi connectivity index (χ3n) is 5.35. The number of hydrogen-bond acceptors (Lipinski definition) is 5. The first-order valence-corrected chi connectivity index (χ1v) is 9.53. The second-order valence-electron chi connectivity index (χ2n) is 7.38. The number of nitrogens with two attached hydrogens (primary N) is 1. The zero-order valence-corrected chi connectivity index (χ0v) is 15.7. The van der Waals surface area contributed by atoms with E-state index in [9.17, 15) is 14.4 Å². The van der Waals surface area contributed by atoms with Crippen LogP contribution in [0.1, 0.15) is 43.0 Å². The van der Waals surface area contributed by atoms with Crippen LogP contribution in [0.15, 0.2) is 18.3 Å². The lowest BCUT2D eigenvalue weighted by Crippen LogP contribution is -2.41. The van der Waals surface area contributed by atoms with Crippen LogP contribution in [0, 0.1) is 5.92 Å². The van der Waals surface area contributed by atoms with Gasteiger partial charge in [-0.3, -0.25) is 14.4 Å². The van der Waals surface area contributed by atoms with Gasteiger partial charge in [-0.15, -0.1) is 0 Å². The summed E-state index contributed by atoms with van der Waals surface area (Å²) in [4.78, 5) is 43.5. The fourth-order valence-electron chi connectivity index (χ4n) is 3.61. The number of hydrogen-bond donors (Lipinski definition) is 2. The molecule has 8 nitrogen and oxygen atoms in total. The quantitative estimate of drug-likeness (QED) is 0.768. The van der Waals surface area contributed by atoms with Crippen LogP contribution in [0.5, 0.6) is 0 Å². The number of nitrogens with zero attached hydrogens (tertiary/aromatic N) is 3. The lowest BCUT2D eigenvalue weighted by Gasteiger charge is -2.34. The SMILES string of the molecule is C[C@@H](Nc1ccc(C(=O)N2CCC(CN3CCCC3=O)CC2)cn1)C(N)=O. The van der Waals surface area contributed by atoms with Gasteiger partial charge in [0.1, 0.15) is 11.9 Å². The van der Waals surface area contributed by atoms with Gasteiger partial charge in [0.05, 0.1) is 5.56 Å². The van der Waals surface area contributed by atoms with Gasteiger partial charge in [-0.1, -0.05) is 0 Å². The molecular formula is C19H27N5O3. The van der Waals surface area contributed by atoms with Gasteiger partial charge in [0.2, 0.25) is 11.8 Å². The Labute approximate surface area is 159 Å². The number of carbonyl (C=O) groups is 3. The Morgan fingerprint density at radius 2 is 2.04 bits per heavy atom. The Bertz CT molecular complexity index is 698. The van der Waals surface area contributed by atoms with Crippen molar-refractivity contribution in [3.05, 3.63) is 23.9 Å². The summed E-state index contributed by atoms with van der Waals surface area (Å²) < 4.78 is 0. The molecule has 0 saturated carbocycles. The Hall–Kier alpha value is -2.64. The van der Waals surface area contributed by atoms with Gasteiger partial charge in [0.25, 0.3) is 5.91 Å². The molecular weight excluding hydrogens is 346 g/mol. The van der Waals surface area contributed by atoms with Crippen molar-refractivity contribution in [2.75, 3.05) is 31.5 Å². The normalized spacial score (nSPS) is 19.2. The van der Waals surface area contributed by atoms with Crippen LogP contribution < -0.4 is 11.1 Å². The molecule has 0 bridgehead atoms. The minimum absolute atomic E-state index is 0.0345. The number of carbonyl (C=O) groups excluding carboxylic acids is 3. The van der Waals surface area contributed by atoms with Crippen LogP contribution in [0.3, 0.4) is 0 Å². The van der Waals surface area contributed by atoms with Crippen LogP contribution >= 0.6 is 0 Å². The molecule has 0 unspecified atom stereocenters. The fraction of sp³-hybridized carbons (Fsp3) is 0.579. The summed E-state index contributed by atoms with van der Waals surface area (Å²) in [6.07, 6.45) is 4.99. The minimum atomic E-state index is -0.527. The van der Waals surface area contributed by atoms with E-state index in [4.69, 9.17) is 5.73 Å². The number of piperidine rings is 1. The summed E-state index contributed by atoms with van der Waals surface area (Å²) in [6, 6.07) is 2.86. The first kappa shape index (κ1) is 19.1. The number of anilines is 1. The van der Waals surface area contributed by atoms with Gasteiger partial charge < -0.3 is 20.9 Å². The van der Waals surface area contributed by atoms with Crippen molar-refractivity contribution in [1.29, 1.82) is 0 Å². The van der Waals surface area contributed by atoms with Crippen LogP contribution in [-0.2, 0) is 9.59 Å². The maximum absolute atomic E-state index is 12.7. The average molecular weight is 373 g/mol. The molecule has 3 amide bonds. The van der Waals surface area contributed by atoms with Crippen molar-refractivity contribution >= 4 is 23.5 Å². The fourth-order valence-corrected chi connectivity index (χ4v) is 3.61. The molecule has 2 aliphatic heterocycles. The standard InChI is InChI=1S/C19H27N5O3/c1-13(18(20)26)22-16-5-4-15(11-21-16)19(27)23-9-6-14(7-10-23)12-24-8-2-3-17(24)25/h4-5,11,13-14H,2-3,6-10,12H2,1H3,(H2,20,26)(H,21,22)/t13-/m1/s1. The molecule has 2 aliphatic rings. The van der Waals surface area contributed by atoms with Crippen LogP contribution in [0.2, 0.25) is 0 Å². The Morgan fingerprint density at radius 3 is 2.59 bits per heavy atom. The van der Waals surface area contributed by atoms with Crippen molar-refractivity contribution in [2.24, 2.45) is 11.7 Å². The monoisotopic (exact) mass is 373 g/mol. The molecule has 2 saturated heterocycles. The van der Waals surface area contributed by atoms with Gasteiger partial charge in [-0.25, -0.2) is 4.98 Å². The highest BCUT2D eigenvalue weighted by molar-refractivity contribution is 5.94. The third kappa shape index (κ3) is 4.75. The maximum Gasteiger partial charge on any atom is 0.255 e. The molecule has 0 radical (unpaired) electrons. The first-order valence-electron chi connectivity index (χ1n) is 9.53. The Morgan fingerprint density at radius 1 is 1.30 bits per heavy atom. The van der Waals surface area contributed by atoms with Gasteiger partial charge in [-0.2, -0.15) is 0 Å². The summed E-state index contributed by atoms with van der Waals surface area (Å²) in [5, 5.41) is 2.89. The van der Waals surface area contributed by atoms with E-state index in [1.165, 1.54) is 6.20 Å². The highest BCUT2D eigenvalue weighted by Crippen LogP contribution is 2.22. The third-order valence-corrected chi connectivity index (χ3v) is 5.35. The number of likely N-dealkylation sites (tertiary alicyclic amines) is 2. The van der Waals surface area contributed by atoms with Crippen molar-refractivity contribution in [1.82, 2.24) is 14.8 Å². The van der Waals surface area contributed by atoms with Crippen LogP contribution in [-0.4, -0.2) is 64.7 Å². The topological polar surface area (TPSA) is 109 Å². The van der Waals surface area contributed by atoms with Crippen molar-refractivity contribution in [3.8, 4) is 0 Å². The Kier molecular flexibility index (Phi) is 5.93. The molecule has 8 heteroatoms. The van der Waals surface area contributed by atoms with E-state index in [2.05, 4.69) is 10.3 Å². The first-order chi connectivity index (χ1) is 12.9. The van der Waals surface area contributed by atoms with E-state index in [-0.39, 0.29) is 11.8 Å². The molecule has 1 aromatic heterocycles. The second-order valence-corrected chi connectivity index (χ2v) is 7.38. The van der Waals surface area contributed by atoms with E-state index in [1.807, 2.05) is 9.80 Å². The molecule has 0 spiro atoms. The van der Waals surface area contributed by atoms with Gasteiger partial charge >= 0.3 is 0 Å². The number of rotatable bonds is 6. The molecule has 1 aromatic rings. The van der Waals surface area contributed by atoms with E-state index in [0.717, 1.165) is 32.4 Å². The van der Waals surface area contributed by atoms with Gasteiger partial charge in [-0.05, 0) is 44.2 Å². The average Bonchev–Trinajstić information content (AvgIpc) is 3.07. The zero-order valence-electron chi connectivity index (χ0n) is 15.7.